The minimum atomic E-state index is -1.05. The van der Waals surface area contributed by atoms with Crippen LogP contribution < -0.4 is 4.90 Å². The topological polar surface area (TPSA) is 73.7 Å². The Kier molecular flexibility index (Phi) is 7.90. The number of thiazole rings is 1. The Hall–Kier alpha value is -2.87. The van der Waals surface area contributed by atoms with Crippen LogP contribution in [0.15, 0.2) is 60.5 Å². The summed E-state index contributed by atoms with van der Waals surface area (Å²) in [5.41, 5.74) is 3.10. The number of nitrogens with zero attached hydrogens (tertiary/aromatic N) is 3. The van der Waals surface area contributed by atoms with Crippen LogP contribution >= 0.6 is 34.5 Å². The van der Waals surface area contributed by atoms with Crippen molar-refractivity contribution in [2.75, 3.05) is 25.0 Å². The van der Waals surface area contributed by atoms with Crippen LogP contribution in [0.25, 0.3) is 11.3 Å². The molecule has 0 fully saturated rings. The molecule has 3 aromatic rings. The fourth-order valence-electron chi connectivity index (χ4n) is 3.03. The van der Waals surface area contributed by atoms with Crippen molar-refractivity contribution < 1.29 is 14.7 Å². The van der Waals surface area contributed by atoms with Crippen molar-refractivity contribution in [3.8, 4) is 11.3 Å². The zero-order valence-corrected chi connectivity index (χ0v) is 19.6. The van der Waals surface area contributed by atoms with Gasteiger partial charge in [0.15, 0.2) is 5.13 Å². The molecule has 1 aromatic heterocycles. The van der Waals surface area contributed by atoms with E-state index in [-0.39, 0.29) is 12.5 Å². The minimum absolute atomic E-state index is 0.340. The summed E-state index contributed by atoms with van der Waals surface area (Å²) in [6.45, 7) is 4.65. The lowest BCUT2D eigenvalue weighted by Crippen LogP contribution is -2.31. The largest absolute Gasteiger partial charge is 0.480 e. The van der Waals surface area contributed by atoms with E-state index in [2.05, 4.69) is 11.5 Å². The maximum Gasteiger partial charge on any atom is 0.323 e. The molecule has 0 unspecified atom stereocenters. The van der Waals surface area contributed by atoms with Gasteiger partial charge in [-0.2, -0.15) is 0 Å². The van der Waals surface area contributed by atoms with Crippen LogP contribution in [0.2, 0.25) is 10.0 Å². The predicted molar refractivity (Wildman–Crippen MR) is 130 cm³/mol. The molecule has 0 saturated heterocycles. The van der Waals surface area contributed by atoms with E-state index in [1.807, 2.05) is 23.6 Å². The number of rotatable bonds is 9. The Morgan fingerprint density at radius 1 is 1.16 bits per heavy atom. The number of carbonyl (C=O) groups excluding carboxylic acids is 1. The first-order chi connectivity index (χ1) is 15.3. The van der Waals surface area contributed by atoms with Crippen LogP contribution in [0, 0.1) is 0 Å². The highest BCUT2D eigenvalue weighted by atomic mass is 35.5. The molecule has 3 rings (SSSR count). The summed E-state index contributed by atoms with van der Waals surface area (Å²) in [6, 6.07) is 12.5. The molecular weight excluding hydrogens is 469 g/mol. The Balaban J connectivity index is 1.75. The quantitative estimate of drug-likeness (QED) is 0.403. The maximum absolute atomic E-state index is 12.3. The SMILES string of the molecule is C=CCN(Cc1ccc(C(=O)N(C)CC(=O)O)cc1)c1nc(-c2ccc(Cl)c(Cl)c2)cs1. The molecule has 0 saturated carbocycles. The maximum atomic E-state index is 12.3. The molecule has 1 amide bonds. The van der Waals surface area contributed by atoms with Crippen molar-refractivity contribution >= 4 is 51.5 Å². The van der Waals surface area contributed by atoms with Gasteiger partial charge >= 0.3 is 5.97 Å². The monoisotopic (exact) mass is 489 g/mol. The zero-order chi connectivity index (χ0) is 23.3. The molecule has 1 heterocycles. The molecule has 0 aliphatic heterocycles. The van der Waals surface area contributed by atoms with E-state index >= 15 is 0 Å². The summed E-state index contributed by atoms with van der Waals surface area (Å²) in [4.78, 5) is 31.1. The van der Waals surface area contributed by atoms with Gasteiger partial charge in [-0.25, -0.2) is 4.98 Å². The van der Waals surface area contributed by atoms with Crippen molar-refractivity contribution in [3.63, 3.8) is 0 Å². The molecule has 2 aromatic carbocycles. The van der Waals surface area contributed by atoms with Crippen LogP contribution in [-0.2, 0) is 11.3 Å². The Morgan fingerprint density at radius 3 is 2.50 bits per heavy atom. The van der Waals surface area contributed by atoms with Crippen LogP contribution in [-0.4, -0.2) is 47.0 Å². The third-order valence-electron chi connectivity index (χ3n) is 4.62. The van der Waals surface area contributed by atoms with Gasteiger partial charge in [0.25, 0.3) is 5.91 Å². The summed E-state index contributed by atoms with van der Waals surface area (Å²) < 4.78 is 0. The number of carboxylic acid groups (broad SMARTS) is 1. The second-order valence-electron chi connectivity index (χ2n) is 7.07. The molecule has 166 valence electrons. The van der Waals surface area contributed by atoms with Crippen LogP contribution in [0.4, 0.5) is 5.13 Å². The number of amides is 1. The number of benzene rings is 2. The lowest BCUT2D eigenvalue weighted by molar-refractivity contribution is -0.137. The number of likely N-dealkylation sites (N-methyl/N-ethyl adjacent to an activating group) is 1. The van der Waals surface area contributed by atoms with E-state index in [0.29, 0.717) is 28.7 Å². The average Bonchev–Trinajstić information content (AvgIpc) is 3.25. The van der Waals surface area contributed by atoms with Crippen molar-refractivity contribution in [1.29, 1.82) is 0 Å². The van der Waals surface area contributed by atoms with E-state index < -0.39 is 5.97 Å². The molecule has 0 radical (unpaired) electrons. The first kappa shape index (κ1) is 23.8. The number of anilines is 1. The van der Waals surface area contributed by atoms with E-state index in [1.54, 1.807) is 30.3 Å². The van der Waals surface area contributed by atoms with E-state index in [1.165, 1.54) is 23.3 Å². The highest BCUT2D eigenvalue weighted by Gasteiger charge is 2.16. The van der Waals surface area contributed by atoms with Gasteiger partial charge in [-0.1, -0.05) is 47.5 Å². The molecule has 0 spiro atoms. The number of hydrogen-bond donors (Lipinski definition) is 1. The van der Waals surface area contributed by atoms with Gasteiger partial charge in [-0.15, -0.1) is 17.9 Å². The van der Waals surface area contributed by atoms with Gasteiger partial charge in [-0.05, 0) is 29.8 Å². The Labute approximate surface area is 200 Å². The molecule has 1 N–H and O–H groups in total. The number of halogens is 2. The molecule has 9 heteroatoms. The number of carboxylic acids is 1. The van der Waals surface area contributed by atoms with Gasteiger partial charge in [0.2, 0.25) is 0 Å². The van der Waals surface area contributed by atoms with Crippen LogP contribution in [0.1, 0.15) is 15.9 Å². The first-order valence-corrected chi connectivity index (χ1v) is 11.2. The molecule has 32 heavy (non-hydrogen) atoms. The molecule has 0 atom stereocenters. The predicted octanol–water partition coefficient (Wildman–Crippen LogP) is 5.47. The number of aromatic nitrogens is 1. The van der Waals surface area contributed by atoms with Crippen LogP contribution in [0.5, 0.6) is 0 Å². The zero-order valence-electron chi connectivity index (χ0n) is 17.3. The molecule has 0 bridgehead atoms. The van der Waals surface area contributed by atoms with Crippen molar-refractivity contribution in [2.45, 2.75) is 6.54 Å². The fraction of sp³-hybridized carbons (Fsp3) is 0.174. The lowest BCUT2D eigenvalue weighted by atomic mass is 10.1. The van der Waals surface area contributed by atoms with Gasteiger partial charge in [-0.3, -0.25) is 9.59 Å². The smallest absolute Gasteiger partial charge is 0.323 e. The van der Waals surface area contributed by atoms with Gasteiger partial charge < -0.3 is 14.9 Å². The standard InChI is InChI=1S/C23H21Cl2N3O3S/c1-3-10-28(23-26-20(14-32-23)17-8-9-18(24)19(25)11-17)12-15-4-6-16(7-5-15)22(31)27(2)13-21(29)30/h3-9,11,14H,1,10,12-13H2,2H3,(H,29,30). The molecular formula is C23H21Cl2N3O3S. The van der Waals surface area contributed by atoms with E-state index in [4.69, 9.17) is 33.3 Å². The molecule has 0 aliphatic carbocycles. The summed E-state index contributed by atoms with van der Waals surface area (Å²) >= 11 is 13.7. The van der Waals surface area contributed by atoms with Gasteiger partial charge in [0, 0.05) is 36.6 Å². The van der Waals surface area contributed by atoms with Crippen molar-refractivity contribution in [2.24, 2.45) is 0 Å². The van der Waals surface area contributed by atoms with Gasteiger partial charge in [0.1, 0.15) is 6.54 Å². The lowest BCUT2D eigenvalue weighted by Gasteiger charge is -2.20. The second kappa shape index (κ2) is 10.6. The Morgan fingerprint density at radius 2 is 1.88 bits per heavy atom. The van der Waals surface area contributed by atoms with Crippen LogP contribution in [0.3, 0.4) is 0 Å². The fourth-order valence-corrected chi connectivity index (χ4v) is 4.17. The Bertz CT molecular complexity index is 1130. The molecule has 6 nitrogen and oxygen atoms in total. The summed E-state index contributed by atoms with van der Waals surface area (Å²) in [6.07, 6.45) is 1.80. The van der Waals surface area contributed by atoms with E-state index in [0.717, 1.165) is 22.0 Å². The minimum Gasteiger partial charge on any atom is -0.480 e. The highest BCUT2D eigenvalue weighted by molar-refractivity contribution is 7.14. The summed E-state index contributed by atoms with van der Waals surface area (Å²) in [5.74, 6) is -1.39. The highest BCUT2D eigenvalue weighted by Crippen LogP contribution is 2.32. The van der Waals surface area contributed by atoms with Crippen molar-refractivity contribution in [3.05, 3.63) is 81.7 Å². The third-order valence-corrected chi connectivity index (χ3v) is 6.26. The molecule has 0 aliphatic rings. The normalized spacial score (nSPS) is 10.6. The number of hydrogen-bond acceptors (Lipinski definition) is 5. The number of carbonyl (C=O) groups is 2. The second-order valence-corrected chi connectivity index (χ2v) is 8.72. The summed E-state index contributed by atoms with van der Waals surface area (Å²) in [7, 11) is 1.46. The number of aliphatic carboxylic acids is 1. The van der Waals surface area contributed by atoms with Crippen molar-refractivity contribution in [1.82, 2.24) is 9.88 Å². The van der Waals surface area contributed by atoms with Gasteiger partial charge in [0.05, 0.1) is 15.7 Å². The third kappa shape index (κ3) is 5.88. The van der Waals surface area contributed by atoms with E-state index in [9.17, 15) is 9.59 Å². The average molecular weight is 490 g/mol. The summed E-state index contributed by atoms with van der Waals surface area (Å²) in [5, 5.41) is 12.6. The first-order valence-electron chi connectivity index (χ1n) is 9.61.